The molecule has 3 nitrogen and oxygen atoms in total. The molecule has 2 N–H and O–H groups in total. The molecule has 2 amide bonds. The Kier molecular flexibility index (Phi) is 3.49. The van der Waals surface area contributed by atoms with Crippen LogP contribution in [-0.4, -0.2) is 18.1 Å². The average Bonchev–Trinajstić information content (AvgIpc) is 3.03. The maximum atomic E-state index is 11.5. The van der Waals surface area contributed by atoms with Crippen molar-refractivity contribution in [3.8, 4) is 0 Å². The maximum Gasteiger partial charge on any atom is 0.315 e. The molecule has 0 spiro atoms. The van der Waals surface area contributed by atoms with Gasteiger partial charge in [0.2, 0.25) is 0 Å². The minimum atomic E-state index is 0.0376. The van der Waals surface area contributed by atoms with E-state index < -0.39 is 0 Å². The number of nitrogens with one attached hydrogen (secondary N) is 2. The van der Waals surface area contributed by atoms with E-state index in [1.54, 1.807) is 0 Å². The first-order chi connectivity index (χ1) is 7.25. The number of hydrogen-bond acceptors (Lipinski definition) is 1. The molecule has 2 rings (SSSR count). The van der Waals surface area contributed by atoms with Crippen molar-refractivity contribution in [1.82, 2.24) is 10.6 Å². The zero-order valence-electron chi connectivity index (χ0n) is 9.59. The van der Waals surface area contributed by atoms with Gasteiger partial charge in [0.25, 0.3) is 0 Å². The SMILES string of the molecule is CC(NC(=O)NC1CC1)C1CCCCC1. The predicted octanol–water partition coefficient (Wildman–Crippen LogP) is 2.42. The van der Waals surface area contributed by atoms with Crippen LogP contribution in [0.4, 0.5) is 4.79 Å². The van der Waals surface area contributed by atoms with Crippen LogP contribution in [-0.2, 0) is 0 Å². The fourth-order valence-corrected chi connectivity index (χ4v) is 2.41. The lowest BCUT2D eigenvalue weighted by molar-refractivity contribution is 0.224. The van der Waals surface area contributed by atoms with Crippen molar-refractivity contribution in [2.45, 2.75) is 64.0 Å². The normalized spacial score (nSPS) is 24.6. The van der Waals surface area contributed by atoms with E-state index in [0.29, 0.717) is 18.0 Å². The number of amides is 2. The highest BCUT2D eigenvalue weighted by molar-refractivity contribution is 5.74. The lowest BCUT2D eigenvalue weighted by atomic mass is 9.85. The zero-order valence-corrected chi connectivity index (χ0v) is 9.59. The first-order valence-corrected chi connectivity index (χ1v) is 6.33. The fraction of sp³-hybridized carbons (Fsp3) is 0.917. The number of rotatable bonds is 3. The van der Waals surface area contributed by atoms with Gasteiger partial charge in [0.15, 0.2) is 0 Å². The van der Waals surface area contributed by atoms with Crippen LogP contribution < -0.4 is 10.6 Å². The molecule has 0 saturated heterocycles. The third-order valence-electron chi connectivity index (χ3n) is 3.63. The van der Waals surface area contributed by atoms with E-state index in [4.69, 9.17) is 0 Å². The highest BCUT2D eigenvalue weighted by Crippen LogP contribution is 2.26. The summed E-state index contributed by atoms with van der Waals surface area (Å²) in [4.78, 5) is 11.5. The topological polar surface area (TPSA) is 41.1 Å². The Labute approximate surface area is 92.0 Å². The summed E-state index contributed by atoms with van der Waals surface area (Å²) in [7, 11) is 0. The molecule has 0 bridgehead atoms. The molecular weight excluding hydrogens is 188 g/mol. The van der Waals surface area contributed by atoms with Crippen molar-refractivity contribution in [3.05, 3.63) is 0 Å². The first kappa shape index (κ1) is 10.8. The average molecular weight is 210 g/mol. The largest absolute Gasteiger partial charge is 0.335 e. The molecule has 0 radical (unpaired) electrons. The van der Waals surface area contributed by atoms with Gasteiger partial charge in [-0.3, -0.25) is 0 Å². The standard InChI is InChI=1S/C12H22N2O/c1-9(10-5-3-2-4-6-10)13-12(15)14-11-7-8-11/h9-11H,2-8H2,1H3,(H2,13,14,15). The van der Waals surface area contributed by atoms with Gasteiger partial charge < -0.3 is 10.6 Å². The van der Waals surface area contributed by atoms with Gasteiger partial charge in [-0.2, -0.15) is 0 Å². The van der Waals surface area contributed by atoms with Crippen LogP contribution in [0.2, 0.25) is 0 Å². The molecular formula is C12H22N2O. The van der Waals surface area contributed by atoms with E-state index in [-0.39, 0.29) is 6.03 Å². The number of carbonyl (C=O) groups is 1. The summed E-state index contributed by atoms with van der Waals surface area (Å²) in [5.74, 6) is 0.698. The smallest absolute Gasteiger partial charge is 0.315 e. The zero-order chi connectivity index (χ0) is 10.7. The van der Waals surface area contributed by atoms with Crippen molar-refractivity contribution in [1.29, 1.82) is 0 Å². The molecule has 15 heavy (non-hydrogen) atoms. The van der Waals surface area contributed by atoms with Crippen molar-refractivity contribution >= 4 is 6.03 Å². The molecule has 0 aromatic heterocycles. The molecule has 1 unspecified atom stereocenters. The molecule has 3 heteroatoms. The maximum absolute atomic E-state index is 11.5. The second-order valence-corrected chi connectivity index (χ2v) is 5.08. The Balaban J connectivity index is 1.69. The monoisotopic (exact) mass is 210 g/mol. The van der Waals surface area contributed by atoms with Crippen LogP contribution >= 0.6 is 0 Å². The first-order valence-electron chi connectivity index (χ1n) is 6.33. The van der Waals surface area contributed by atoms with Gasteiger partial charge in [-0.25, -0.2) is 4.79 Å². The number of hydrogen-bond donors (Lipinski definition) is 2. The van der Waals surface area contributed by atoms with Crippen LogP contribution in [0.5, 0.6) is 0 Å². The second-order valence-electron chi connectivity index (χ2n) is 5.08. The van der Waals surface area contributed by atoms with Crippen molar-refractivity contribution in [2.24, 2.45) is 5.92 Å². The lowest BCUT2D eigenvalue weighted by Crippen LogP contribution is -2.45. The van der Waals surface area contributed by atoms with Gasteiger partial charge in [0.05, 0.1) is 0 Å². The molecule has 0 heterocycles. The Morgan fingerprint density at radius 2 is 1.80 bits per heavy atom. The van der Waals surface area contributed by atoms with Gasteiger partial charge in [0, 0.05) is 12.1 Å². The van der Waals surface area contributed by atoms with Crippen LogP contribution in [0.3, 0.4) is 0 Å². The molecule has 2 fully saturated rings. The van der Waals surface area contributed by atoms with Crippen LogP contribution in [0.15, 0.2) is 0 Å². The summed E-state index contributed by atoms with van der Waals surface area (Å²) in [5, 5.41) is 6.04. The second kappa shape index (κ2) is 4.86. The lowest BCUT2D eigenvalue weighted by Gasteiger charge is -2.28. The van der Waals surface area contributed by atoms with Gasteiger partial charge in [-0.1, -0.05) is 19.3 Å². The summed E-state index contributed by atoms with van der Waals surface area (Å²) in [6.07, 6.45) is 8.92. The summed E-state index contributed by atoms with van der Waals surface area (Å²) < 4.78 is 0. The molecule has 86 valence electrons. The Morgan fingerprint density at radius 1 is 1.13 bits per heavy atom. The predicted molar refractivity (Wildman–Crippen MR) is 60.7 cm³/mol. The van der Waals surface area contributed by atoms with Crippen molar-refractivity contribution < 1.29 is 4.79 Å². The molecule has 0 aromatic rings. The van der Waals surface area contributed by atoms with Gasteiger partial charge >= 0.3 is 6.03 Å². The Morgan fingerprint density at radius 3 is 2.40 bits per heavy atom. The highest BCUT2D eigenvalue weighted by Gasteiger charge is 2.25. The molecule has 0 aliphatic heterocycles. The van der Waals surface area contributed by atoms with E-state index in [1.165, 1.54) is 32.1 Å². The highest BCUT2D eigenvalue weighted by atomic mass is 16.2. The van der Waals surface area contributed by atoms with E-state index in [2.05, 4.69) is 17.6 Å². The van der Waals surface area contributed by atoms with E-state index in [0.717, 1.165) is 12.8 Å². The van der Waals surface area contributed by atoms with Crippen LogP contribution in [0.1, 0.15) is 51.9 Å². The minimum Gasteiger partial charge on any atom is -0.335 e. The van der Waals surface area contributed by atoms with Crippen molar-refractivity contribution in [3.63, 3.8) is 0 Å². The third kappa shape index (κ3) is 3.40. The van der Waals surface area contributed by atoms with E-state index in [9.17, 15) is 4.79 Å². The third-order valence-corrected chi connectivity index (χ3v) is 3.63. The van der Waals surface area contributed by atoms with Gasteiger partial charge in [0.1, 0.15) is 0 Å². The van der Waals surface area contributed by atoms with Crippen LogP contribution in [0.25, 0.3) is 0 Å². The molecule has 2 aliphatic carbocycles. The van der Waals surface area contributed by atoms with E-state index >= 15 is 0 Å². The molecule has 1 atom stereocenters. The summed E-state index contributed by atoms with van der Waals surface area (Å²) in [5.41, 5.74) is 0. The van der Waals surface area contributed by atoms with Crippen molar-refractivity contribution in [2.75, 3.05) is 0 Å². The Bertz CT molecular complexity index is 220. The number of carbonyl (C=O) groups excluding carboxylic acids is 1. The van der Waals surface area contributed by atoms with E-state index in [1.807, 2.05) is 0 Å². The fourth-order valence-electron chi connectivity index (χ4n) is 2.41. The molecule has 2 aliphatic rings. The quantitative estimate of drug-likeness (QED) is 0.738. The van der Waals surface area contributed by atoms with Gasteiger partial charge in [-0.05, 0) is 38.5 Å². The summed E-state index contributed by atoms with van der Waals surface area (Å²) in [6, 6.07) is 0.836. The van der Waals surface area contributed by atoms with Crippen LogP contribution in [0, 0.1) is 5.92 Å². The van der Waals surface area contributed by atoms with Gasteiger partial charge in [-0.15, -0.1) is 0 Å². The minimum absolute atomic E-state index is 0.0376. The molecule has 0 aromatic carbocycles. The summed E-state index contributed by atoms with van der Waals surface area (Å²) >= 11 is 0. The molecule has 2 saturated carbocycles. The number of urea groups is 1. The Hall–Kier alpha value is -0.730. The summed E-state index contributed by atoms with van der Waals surface area (Å²) in [6.45, 7) is 2.14.